The molecule has 7 nitrogen and oxygen atoms in total. The fraction of sp³-hybridized carbons (Fsp3) is 0.583. The van der Waals surface area contributed by atoms with Gasteiger partial charge in [0.15, 0.2) is 0 Å². The molecule has 1 fully saturated rings. The second-order valence-electron chi connectivity index (χ2n) is 4.23. The molecule has 1 aromatic rings. The van der Waals surface area contributed by atoms with E-state index in [1.807, 2.05) is 0 Å². The summed E-state index contributed by atoms with van der Waals surface area (Å²) in [4.78, 5) is 23.9. The highest BCUT2D eigenvalue weighted by molar-refractivity contribution is 5.68. The van der Waals surface area contributed by atoms with E-state index < -0.39 is 0 Å². The zero-order valence-electron chi connectivity index (χ0n) is 11.1. The van der Waals surface area contributed by atoms with E-state index in [2.05, 4.69) is 14.9 Å². The molecule has 2 heterocycles. The predicted molar refractivity (Wildman–Crippen MR) is 70.7 cm³/mol. The average molecular weight is 265 g/mol. The van der Waals surface area contributed by atoms with Crippen molar-refractivity contribution >= 4 is 12.0 Å². The van der Waals surface area contributed by atoms with E-state index in [0.29, 0.717) is 45.3 Å². The van der Waals surface area contributed by atoms with Gasteiger partial charge in [0.05, 0.1) is 12.3 Å². The number of carbonyl (C=O) groups is 1. The number of rotatable bonds is 3. The lowest BCUT2D eigenvalue weighted by molar-refractivity contribution is 0.105. The second-order valence-corrected chi connectivity index (χ2v) is 4.23. The van der Waals surface area contributed by atoms with Crippen LogP contribution in [0.1, 0.15) is 12.6 Å². The fourth-order valence-electron chi connectivity index (χ4n) is 1.95. The van der Waals surface area contributed by atoms with Gasteiger partial charge in [0.2, 0.25) is 5.95 Å². The zero-order valence-corrected chi connectivity index (χ0v) is 11.1. The molecule has 2 rings (SSSR count). The Morgan fingerprint density at radius 1 is 1.42 bits per heavy atom. The number of carbonyl (C=O) groups excluding carboxylic acids is 1. The minimum absolute atomic E-state index is 0.251. The Bertz CT molecular complexity index is 432. The van der Waals surface area contributed by atoms with Crippen LogP contribution in [0.3, 0.4) is 0 Å². The van der Waals surface area contributed by atoms with Crippen molar-refractivity contribution in [3.05, 3.63) is 18.0 Å². The third-order valence-electron chi connectivity index (χ3n) is 3.00. The molecule has 0 bridgehead atoms. The van der Waals surface area contributed by atoms with Crippen molar-refractivity contribution in [2.45, 2.75) is 13.5 Å². The minimum atomic E-state index is -0.251. The number of ether oxygens (including phenoxy) is 1. The summed E-state index contributed by atoms with van der Waals surface area (Å²) in [7, 11) is 0. The first-order valence-corrected chi connectivity index (χ1v) is 6.43. The largest absolute Gasteiger partial charge is 0.450 e. The lowest BCUT2D eigenvalue weighted by Gasteiger charge is -2.34. The molecule has 0 radical (unpaired) electrons. The summed E-state index contributed by atoms with van der Waals surface area (Å²) in [5.41, 5.74) is 6.38. The van der Waals surface area contributed by atoms with E-state index in [1.54, 1.807) is 24.1 Å². The summed E-state index contributed by atoms with van der Waals surface area (Å²) in [6.07, 6.45) is 1.46. The Hall–Kier alpha value is -1.89. The summed E-state index contributed by atoms with van der Waals surface area (Å²) in [6, 6.07) is 1.80. The van der Waals surface area contributed by atoms with Crippen LogP contribution in [-0.4, -0.2) is 53.7 Å². The summed E-state index contributed by atoms with van der Waals surface area (Å²) < 4.78 is 4.98. The molecular weight excluding hydrogens is 246 g/mol. The van der Waals surface area contributed by atoms with Gasteiger partial charge in [-0.15, -0.1) is 0 Å². The van der Waals surface area contributed by atoms with Crippen LogP contribution < -0.4 is 10.6 Å². The second kappa shape index (κ2) is 6.33. The van der Waals surface area contributed by atoms with Crippen LogP contribution >= 0.6 is 0 Å². The molecule has 0 aliphatic carbocycles. The van der Waals surface area contributed by atoms with Crippen LogP contribution in [0.15, 0.2) is 12.3 Å². The van der Waals surface area contributed by atoms with Crippen molar-refractivity contribution in [1.82, 2.24) is 14.9 Å². The maximum absolute atomic E-state index is 11.6. The summed E-state index contributed by atoms with van der Waals surface area (Å²) in [5.74, 6) is 0.673. The molecular formula is C12H19N5O2. The number of piperazine rings is 1. The van der Waals surface area contributed by atoms with Crippen LogP contribution in [0.5, 0.6) is 0 Å². The molecule has 104 valence electrons. The van der Waals surface area contributed by atoms with Crippen LogP contribution in [0, 0.1) is 0 Å². The molecule has 0 saturated carbocycles. The average Bonchev–Trinajstić information content (AvgIpc) is 2.48. The first-order valence-electron chi connectivity index (χ1n) is 6.43. The number of nitrogens with two attached hydrogens (primary N) is 1. The lowest BCUT2D eigenvalue weighted by atomic mass is 10.3. The Kier molecular flexibility index (Phi) is 4.51. The smallest absolute Gasteiger partial charge is 0.409 e. The van der Waals surface area contributed by atoms with Gasteiger partial charge in [-0.2, -0.15) is 0 Å². The lowest BCUT2D eigenvalue weighted by Crippen LogP contribution is -2.49. The fourth-order valence-corrected chi connectivity index (χ4v) is 1.95. The van der Waals surface area contributed by atoms with Crippen LogP contribution in [0.4, 0.5) is 10.7 Å². The normalized spacial score (nSPS) is 15.5. The third-order valence-corrected chi connectivity index (χ3v) is 3.00. The highest BCUT2D eigenvalue weighted by atomic mass is 16.6. The maximum Gasteiger partial charge on any atom is 0.409 e. The Morgan fingerprint density at radius 2 is 2.16 bits per heavy atom. The molecule has 1 aliphatic rings. The Balaban J connectivity index is 1.94. The standard InChI is InChI=1S/C12H19N5O2/c1-2-19-12(18)17-7-5-16(6-8-17)11-14-4-3-10(9-13)15-11/h3-4H,2,5-9,13H2,1H3. The number of hydrogen-bond donors (Lipinski definition) is 1. The minimum Gasteiger partial charge on any atom is -0.450 e. The molecule has 19 heavy (non-hydrogen) atoms. The Labute approximate surface area is 112 Å². The van der Waals surface area contributed by atoms with Crippen molar-refractivity contribution in [3.63, 3.8) is 0 Å². The molecule has 1 aromatic heterocycles. The number of hydrogen-bond acceptors (Lipinski definition) is 6. The highest BCUT2D eigenvalue weighted by Crippen LogP contribution is 2.11. The van der Waals surface area contributed by atoms with Gasteiger partial charge in [-0.05, 0) is 13.0 Å². The number of aromatic nitrogens is 2. The molecule has 0 atom stereocenters. The molecule has 1 saturated heterocycles. The predicted octanol–water partition coefficient (Wildman–Crippen LogP) is 0.214. The van der Waals surface area contributed by atoms with E-state index in [9.17, 15) is 4.79 Å². The highest BCUT2D eigenvalue weighted by Gasteiger charge is 2.23. The SMILES string of the molecule is CCOC(=O)N1CCN(c2nccc(CN)n2)CC1. The first kappa shape index (κ1) is 13.5. The van der Waals surface area contributed by atoms with Crippen molar-refractivity contribution in [2.24, 2.45) is 5.73 Å². The number of anilines is 1. The summed E-state index contributed by atoms with van der Waals surface area (Å²) in [6.45, 7) is 5.25. The topological polar surface area (TPSA) is 84.6 Å². The van der Waals surface area contributed by atoms with Gasteiger partial charge in [0.1, 0.15) is 0 Å². The van der Waals surface area contributed by atoms with Gasteiger partial charge in [-0.25, -0.2) is 14.8 Å². The van der Waals surface area contributed by atoms with E-state index in [1.165, 1.54) is 0 Å². The first-order chi connectivity index (χ1) is 9.24. The van der Waals surface area contributed by atoms with Crippen molar-refractivity contribution in [3.8, 4) is 0 Å². The van der Waals surface area contributed by atoms with Gasteiger partial charge < -0.3 is 20.3 Å². The molecule has 0 aromatic carbocycles. The molecule has 7 heteroatoms. The van der Waals surface area contributed by atoms with Gasteiger partial charge in [0.25, 0.3) is 0 Å². The number of nitrogens with zero attached hydrogens (tertiary/aromatic N) is 4. The summed E-state index contributed by atoms with van der Waals surface area (Å²) in [5, 5.41) is 0. The van der Waals surface area contributed by atoms with Crippen molar-refractivity contribution < 1.29 is 9.53 Å². The van der Waals surface area contributed by atoms with Crippen LogP contribution in [0.2, 0.25) is 0 Å². The van der Waals surface area contributed by atoms with Crippen LogP contribution in [-0.2, 0) is 11.3 Å². The van der Waals surface area contributed by atoms with Crippen molar-refractivity contribution in [2.75, 3.05) is 37.7 Å². The molecule has 0 unspecified atom stereocenters. The molecule has 0 spiro atoms. The van der Waals surface area contributed by atoms with Crippen LogP contribution in [0.25, 0.3) is 0 Å². The summed E-state index contributed by atoms with van der Waals surface area (Å²) >= 11 is 0. The molecule has 2 N–H and O–H groups in total. The number of amides is 1. The van der Waals surface area contributed by atoms with Crippen molar-refractivity contribution in [1.29, 1.82) is 0 Å². The van der Waals surface area contributed by atoms with Gasteiger partial charge >= 0.3 is 6.09 Å². The zero-order chi connectivity index (χ0) is 13.7. The maximum atomic E-state index is 11.6. The van der Waals surface area contributed by atoms with Gasteiger partial charge in [-0.3, -0.25) is 0 Å². The van der Waals surface area contributed by atoms with Gasteiger partial charge in [0, 0.05) is 38.9 Å². The van der Waals surface area contributed by atoms with E-state index in [0.717, 1.165) is 5.69 Å². The third kappa shape index (κ3) is 3.31. The van der Waals surface area contributed by atoms with E-state index >= 15 is 0 Å². The quantitative estimate of drug-likeness (QED) is 0.841. The Morgan fingerprint density at radius 3 is 2.79 bits per heavy atom. The van der Waals surface area contributed by atoms with E-state index in [-0.39, 0.29) is 6.09 Å². The molecule has 1 aliphatic heterocycles. The van der Waals surface area contributed by atoms with Gasteiger partial charge in [-0.1, -0.05) is 0 Å². The monoisotopic (exact) mass is 265 g/mol. The molecule has 1 amide bonds. The van der Waals surface area contributed by atoms with E-state index in [4.69, 9.17) is 10.5 Å².